The van der Waals surface area contributed by atoms with Crippen LogP contribution in [0.2, 0.25) is 0 Å². The summed E-state index contributed by atoms with van der Waals surface area (Å²) in [5.74, 6) is 0. The third kappa shape index (κ3) is 2.21. The number of nitrogens with zero attached hydrogens (tertiary/aromatic N) is 1. The van der Waals surface area contributed by atoms with Crippen molar-refractivity contribution in [1.82, 2.24) is 4.90 Å². The molecule has 2 nitrogen and oxygen atoms in total. The molecule has 0 spiro atoms. The van der Waals surface area contributed by atoms with Crippen LogP contribution in [0.25, 0.3) is 0 Å². The highest BCUT2D eigenvalue weighted by atomic mass is 15.2. The quantitative estimate of drug-likeness (QED) is 0.811. The van der Waals surface area contributed by atoms with Gasteiger partial charge in [-0.2, -0.15) is 0 Å². The van der Waals surface area contributed by atoms with Crippen LogP contribution in [0.1, 0.15) is 18.9 Å². The van der Waals surface area contributed by atoms with Crippen molar-refractivity contribution in [2.24, 2.45) is 11.1 Å². The van der Waals surface area contributed by atoms with Crippen LogP contribution in [0.15, 0.2) is 30.3 Å². The van der Waals surface area contributed by atoms with Gasteiger partial charge in [0.1, 0.15) is 0 Å². The summed E-state index contributed by atoms with van der Waals surface area (Å²) in [6.07, 6.45) is 1.20. The highest BCUT2D eigenvalue weighted by Crippen LogP contribution is 2.33. The molecule has 0 aliphatic carbocycles. The lowest BCUT2D eigenvalue weighted by Crippen LogP contribution is -2.58. The molecule has 0 aromatic heterocycles. The number of hydrogen-bond acceptors (Lipinski definition) is 2. The maximum atomic E-state index is 5.81. The van der Waals surface area contributed by atoms with E-state index in [4.69, 9.17) is 5.73 Å². The largest absolute Gasteiger partial charge is 0.330 e. The second kappa shape index (κ2) is 4.33. The van der Waals surface area contributed by atoms with Crippen molar-refractivity contribution >= 4 is 0 Å². The van der Waals surface area contributed by atoms with E-state index in [0.29, 0.717) is 5.41 Å². The van der Waals surface area contributed by atoms with Crippen LogP contribution in [-0.2, 0) is 6.54 Å². The maximum Gasteiger partial charge on any atom is 0.0234 e. The van der Waals surface area contributed by atoms with E-state index in [-0.39, 0.29) is 0 Å². The molecule has 82 valence electrons. The fraction of sp³-hybridized carbons (Fsp3) is 0.538. The second-order valence-electron chi connectivity index (χ2n) is 4.69. The summed E-state index contributed by atoms with van der Waals surface area (Å²) in [6, 6.07) is 10.6. The molecular formula is C13H20N2. The van der Waals surface area contributed by atoms with Crippen molar-refractivity contribution in [2.45, 2.75) is 19.9 Å². The molecular weight excluding hydrogens is 184 g/mol. The van der Waals surface area contributed by atoms with Crippen LogP contribution in [-0.4, -0.2) is 24.5 Å². The van der Waals surface area contributed by atoms with Crippen LogP contribution >= 0.6 is 0 Å². The van der Waals surface area contributed by atoms with Gasteiger partial charge in [0.15, 0.2) is 0 Å². The first kappa shape index (κ1) is 10.7. The van der Waals surface area contributed by atoms with Crippen molar-refractivity contribution in [3.05, 3.63) is 35.9 Å². The average Bonchev–Trinajstić information content (AvgIpc) is 2.24. The van der Waals surface area contributed by atoms with Crippen molar-refractivity contribution in [1.29, 1.82) is 0 Å². The zero-order valence-corrected chi connectivity index (χ0v) is 9.45. The zero-order chi connectivity index (χ0) is 10.7. The van der Waals surface area contributed by atoms with E-state index >= 15 is 0 Å². The van der Waals surface area contributed by atoms with Gasteiger partial charge in [0.05, 0.1) is 0 Å². The molecule has 1 aromatic carbocycles. The molecule has 0 bridgehead atoms. The molecule has 1 aliphatic rings. The molecule has 0 saturated carbocycles. The molecule has 1 aromatic rings. The predicted octanol–water partition coefficient (Wildman–Crippen LogP) is 1.86. The lowest BCUT2D eigenvalue weighted by Gasteiger charge is -2.49. The average molecular weight is 204 g/mol. The summed E-state index contributed by atoms with van der Waals surface area (Å²) < 4.78 is 0. The van der Waals surface area contributed by atoms with E-state index in [1.807, 2.05) is 0 Å². The van der Waals surface area contributed by atoms with Crippen molar-refractivity contribution in [2.75, 3.05) is 19.6 Å². The Balaban J connectivity index is 1.86. The van der Waals surface area contributed by atoms with Gasteiger partial charge >= 0.3 is 0 Å². The maximum absolute atomic E-state index is 5.81. The van der Waals surface area contributed by atoms with Gasteiger partial charge < -0.3 is 5.73 Å². The molecule has 0 amide bonds. The topological polar surface area (TPSA) is 29.3 Å². The minimum absolute atomic E-state index is 0.411. The zero-order valence-electron chi connectivity index (χ0n) is 9.45. The van der Waals surface area contributed by atoms with Crippen LogP contribution in [0.3, 0.4) is 0 Å². The van der Waals surface area contributed by atoms with Crippen LogP contribution in [0.4, 0.5) is 0 Å². The molecule has 2 N–H and O–H groups in total. The van der Waals surface area contributed by atoms with E-state index in [1.165, 1.54) is 12.0 Å². The van der Waals surface area contributed by atoms with E-state index in [0.717, 1.165) is 26.2 Å². The Morgan fingerprint density at radius 2 is 1.93 bits per heavy atom. The molecule has 2 heteroatoms. The summed E-state index contributed by atoms with van der Waals surface area (Å²) in [4.78, 5) is 2.48. The highest BCUT2D eigenvalue weighted by Gasteiger charge is 2.39. The SMILES string of the molecule is CCC1(CN)CN(Cc2ccccc2)C1. The minimum Gasteiger partial charge on any atom is -0.330 e. The monoisotopic (exact) mass is 204 g/mol. The summed E-state index contributed by atoms with van der Waals surface area (Å²) in [5, 5.41) is 0. The number of nitrogens with two attached hydrogens (primary N) is 1. The van der Waals surface area contributed by atoms with Crippen molar-refractivity contribution < 1.29 is 0 Å². The van der Waals surface area contributed by atoms with Gasteiger partial charge in [0, 0.05) is 31.6 Å². The van der Waals surface area contributed by atoms with Crippen LogP contribution in [0, 0.1) is 5.41 Å². The van der Waals surface area contributed by atoms with Crippen molar-refractivity contribution in [3.63, 3.8) is 0 Å². The first-order valence-corrected chi connectivity index (χ1v) is 5.74. The predicted molar refractivity (Wildman–Crippen MR) is 63.5 cm³/mol. The fourth-order valence-electron chi connectivity index (χ4n) is 2.35. The molecule has 15 heavy (non-hydrogen) atoms. The van der Waals surface area contributed by atoms with E-state index in [1.54, 1.807) is 0 Å². The lowest BCUT2D eigenvalue weighted by molar-refractivity contribution is -0.00173. The first-order chi connectivity index (χ1) is 7.28. The number of rotatable bonds is 4. The van der Waals surface area contributed by atoms with Gasteiger partial charge in [0.25, 0.3) is 0 Å². The molecule has 0 unspecified atom stereocenters. The Morgan fingerprint density at radius 1 is 1.27 bits per heavy atom. The highest BCUT2D eigenvalue weighted by molar-refractivity contribution is 5.15. The Hall–Kier alpha value is -0.860. The molecule has 0 radical (unpaired) electrons. The lowest BCUT2D eigenvalue weighted by atomic mass is 9.77. The van der Waals surface area contributed by atoms with E-state index in [2.05, 4.69) is 42.2 Å². The number of benzene rings is 1. The van der Waals surface area contributed by atoms with Crippen LogP contribution < -0.4 is 5.73 Å². The van der Waals surface area contributed by atoms with Gasteiger partial charge in [0.2, 0.25) is 0 Å². The molecule has 2 rings (SSSR count). The molecule has 1 fully saturated rings. The molecule has 1 heterocycles. The Kier molecular flexibility index (Phi) is 3.08. The molecule has 1 aliphatic heterocycles. The number of hydrogen-bond donors (Lipinski definition) is 1. The van der Waals surface area contributed by atoms with Gasteiger partial charge in [-0.25, -0.2) is 0 Å². The summed E-state index contributed by atoms with van der Waals surface area (Å²) in [5.41, 5.74) is 7.62. The minimum atomic E-state index is 0.411. The Morgan fingerprint density at radius 3 is 2.47 bits per heavy atom. The van der Waals surface area contributed by atoms with Gasteiger partial charge in [-0.15, -0.1) is 0 Å². The molecule has 1 saturated heterocycles. The number of likely N-dealkylation sites (tertiary alicyclic amines) is 1. The standard InChI is InChI=1S/C13H20N2/c1-2-13(9-14)10-15(11-13)8-12-6-4-3-5-7-12/h3-7H,2,8-11,14H2,1H3. The van der Waals surface area contributed by atoms with Crippen LogP contribution in [0.5, 0.6) is 0 Å². The van der Waals surface area contributed by atoms with E-state index in [9.17, 15) is 0 Å². The fourth-order valence-corrected chi connectivity index (χ4v) is 2.35. The van der Waals surface area contributed by atoms with Gasteiger partial charge in [-0.1, -0.05) is 37.3 Å². The summed E-state index contributed by atoms with van der Waals surface area (Å²) >= 11 is 0. The summed E-state index contributed by atoms with van der Waals surface area (Å²) in [6.45, 7) is 6.47. The normalized spacial score (nSPS) is 19.9. The van der Waals surface area contributed by atoms with Gasteiger partial charge in [-0.3, -0.25) is 4.90 Å². The van der Waals surface area contributed by atoms with E-state index < -0.39 is 0 Å². The Labute approximate surface area is 92.1 Å². The van der Waals surface area contributed by atoms with Crippen molar-refractivity contribution in [3.8, 4) is 0 Å². The summed E-state index contributed by atoms with van der Waals surface area (Å²) in [7, 11) is 0. The third-order valence-corrected chi connectivity index (χ3v) is 3.55. The Bertz CT molecular complexity index is 296. The first-order valence-electron chi connectivity index (χ1n) is 5.74. The molecule has 0 atom stereocenters. The van der Waals surface area contributed by atoms with Gasteiger partial charge in [-0.05, 0) is 12.0 Å². The smallest absolute Gasteiger partial charge is 0.0234 e. The second-order valence-corrected chi connectivity index (χ2v) is 4.69. The third-order valence-electron chi connectivity index (χ3n) is 3.55.